The van der Waals surface area contributed by atoms with Gasteiger partial charge < -0.3 is 15.4 Å². The highest BCUT2D eigenvalue weighted by Gasteiger charge is 2.21. The van der Waals surface area contributed by atoms with Crippen LogP contribution in [0.3, 0.4) is 0 Å². The Morgan fingerprint density at radius 2 is 2.26 bits per heavy atom. The lowest BCUT2D eigenvalue weighted by atomic mass is 10.0. The summed E-state index contributed by atoms with van der Waals surface area (Å²) in [4.78, 5) is 11.9. The molecular weight excluding hydrogens is 271 g/mol. The Labute approximate surface area is 118 Å². The molecule has 1 heterocycles. The van der Waals surface area contributed by atoms with Crippen LogP contribution < -0.4 is 15.4 Å². The molecule has 1 aromatic carbocycles. The molecule has 19 heavy (non-hydrogen) atoms. The van der Waals surface area contributed by atoms with Crippen molar-refractivity contribution in [3.8, 4) is 5.75 Å². The van der Waals surface area contributed by atoms with Gasteiger partial charge in [-0.3, -0.25) is 4.79 Å². The van der Waals surface area contributed by atoms with Crippen molar-refractivity contribution in [2.45, 2.75) is 25.3 Å². The van der Waals surface area contributed by atoms with Gasteiger partial charge in [-0.15, -0.1) is 12.4 Å². The first-order valence-electron chi connectivity index (χ1n) is 6.08. The van der Waals surface area contributed by atoms with Crippen LogP contribution in [-0.2, 0) is 4.79 Å². The summed E-state index contributed by atoms with van der Waals surface area (Å²) in [6, 6.07) is 4.05. The Kier molecular flexibility index (Phi) is 6.05. The van der Waals surface area contributed by atoms with Crippen molar-refractivity contribution < 1.29 is 13.9 Å². The molecule has 0 aromatic heterocycles. The fourth-order valence-corrected chi connectivity index (χ4v) is 2.02. The van der Waals surface area contributed by atoms with E-state index in [2.05, 4.69) is 10.6 Å². The molecule has 0 spiro atoms. The molecule has 1 saturated heterocycles. The first-order chi connectivity index (χ1) is 8.70. The number of halogens is 2. The Morgan fingerprint density at radius 1 is 1.47 bits per heavy atom. The van der Waals surface area contributed by atoms with Crippen molar-refractivity contribution in [1.29, 1.82) is 0 Å². The Hall–Kier alpha value is -1.33. The molecule has 106 valence electrons. The molecule has 4 nitrogen and oxygen atoms in total. The SMILES string of the molecule is COc1ccc(F)c(NC(=O)C2CCCCN2)c1.Cl. The fourth-order valence-electron chi connectivity index (χ4n) is 2.02. The molecule has 0 saturated carbocycles. The van der Waals surface area contributed by atoms with E-state index in [9.17, 15) is 9.18 Å². The second-order valence-corrected chi connectivity index (χ2v) is 4.34. The van der Waals surface area contributed by atoms with E-state index in [0.717, 1.165) is 25.8 Å². The number of hydrogen-bond acceptors (Lipinski definition) is 3. The zero-order valence-corrected chi connectivity index (χ0v) is 11.6. The summed E-state index contributed by atoms with van der Waals surface area (Å²) in [5, 5.41) is 5.72. The third kappa shape index (κ3) is 4.08. The Morgan fingerprint density at radius 3 is 2.89 bits per heavy atom. The van der Waals surface area contributed by atoms with Gasteiger partial charge in [-0.05, 0) is 31.5 Å². The minimum atomic E-state index is -0.458. The lowest BCUT2D eigenvalue weighted by Crippen LogP contribution is -2.43. The highest BCUT2D eigenvalue weighted by Crippen LogP contribution is 2.21. The zero-order chi connectivity index (χ0) is 13.0. The standard InChI is InChI=1S/C13H17FN2O2.ClH/c1-18-9-5-6-10(14)12(8-9)16-13(17)11-4-2-3-7-15-11;/h5-6,8,11,15H,2-4,7H2,1H3,(H,16,17);1H. The van der Waals surface area contributed by atoms with Crippen LogP contribution in [-0.4, -0.2) is 25.6 Å². The van der Waals surface area contributed by atoms with E-state index in [-0.39, 0.29) is 30.0 Å². The number of benzene rings is 1. The van der Waals surface area contributed by atoms with E-state index >= 15 is 0 Å². The predicted octanol–water partition coefficient (Wildman–Crippen LogP) is 2.34. The van der Waals surface area contributed by atoms with Gasteiger partial charge in [0.05, 0.1) is 18.8 Å². The van der Waals surface area contributed by atoms with E-state index in [1.165, 1.54) is 25.3 Å². The quantitative estimate of drug-likeness (QED) is 0.897. The van der Waals surface area contributed by atoms with Crippen molar-refractivity contribution in [3.63, 3.8) is 0 Å². The molecule has 1 aliphatic heterocycles. The second kappa shape index (κ2) is 7.31. The molecule has 2 rings (SSSR count). The van der Waals surface area contributed by atoms with Gasteiger partial charge in [-0.2, -0.15) is 0 Å². The van der Waals surface area contributed by atoms with Crippen LogP contribution in [0.2, 0.25) is 0 Å². The normalized spacial score (nSPS) is 18.3. The monoisotopic (exact) mass is 288 g/mol. The van der Waals surface area contributed by atoms with Crippen molar-refractivity contribution in [2.75, 3.05) is 19.0 Å². The van der Waals surface area contributed by atoms with Gasteiger partial charge in [0.2, 0.25) is 5.91 Å². The third-order valence-electron chi connectivity index (χ3n) is 3.06. The predicted molar refractivity (Wildman–Crippen MR) is 74.5 cm³/mol. The Balaban J connectivity index is 0.00000180. The number of anilines is 1. The minimum absolute atomic E-state index is 0. The highest BCUT2D eigenvalue weighted by molar-refractivity contribution is 5.95. The topological polar surface area (TPSA) is 50.4 Å². The van der Waals surface area contributed by atoms with Gasteiger partial charge >= 0.3 is 0 Å². The Bertz CT molecular complexity index is 437. The summed E-state index contributed by atoms with van der Waals surface area (Å²) in [5.41, 5.74) is 0.159. The van der Waals surface area contributed by atoms with Crippen molar-refractivity contribution in [2.24, 2.45) is 0 Å². The van der Waals surface area contributed by atoms with E-state index in [1.807, 2.05) is 0 Å². The number of hydrogen-bond donors (Lipinski definition) is 2. The molecule has 1 atom stereocenters. The maximum Gasteiger partial charge on any atom is 0.241 e. The maximum absolute atomic E-state index is 13.5. The molecule has 1 aliphatic rings. The summed E-state index contributed by atoms with van der Waals surface area (Å²) < 4.78 is 18.5. The van der Waals surface area contributed by atoms with Crippen molar-refractivity contribution in [1.82, 2.24) is 5.32 Å². The van der Waals surface area contributed by atoms with Crippen molar-refractivity contribution in [3.05, 3.63) is 24.0 Å². The van der Waals surface area contributed by atoms with Gasteiger partial charge in [-0.25, -0.2) is 4.39 Å². The lowest BCUT2D eigenvalue weighted by molar-refractivity contribution is -0.118. The van der Waals surface area contributed by atoms with E-state index in [0.29, 0.717) is 5.75 Å². The van der Waals surface area contributed by atoms with Crippen LogP contribution >= 0.6 is 12.4 Å². The first-order valence-corrected chi connectivity index (χ1v) is 6.08. The highest BCUT2D eigenvalue weighted by atomic mass is 35.5. The number of piperidine rings is 1. The van der Waals surface area contributed by atoms with Gasteiger partial charge in [0, 0.05) is 6.07 Å². The summed E-state index contributed by atoms with van der Waals surface area (Å²) >= 11 is 0. The first kappa shape index (κ1) is 15.7. The zero-order valence-electron chi connectivity index (χ0n) is 10.7. The number of carbonyl (C=O) groups excluding carboxylic acids is 1. The minimum Gasteiger partial charge on any atom is -0.497 e. The number of methoxy groups -OCH3 is 1. The van der Waals surface area contributed by atoms with Crippen LogP contribution in [0.15, 0.2) is 18.2 Å². The lowest BCUT2D eigenvalue weighted by Gasteiger charge is -2.22. The largest absolute Gasteiger partial charge is 0.497 e. The summed E-state index contributed by atoms with van der Waals surface area (Å²) in [6.07, 6.45) is 2.89. The number of carbonyl (C=O) groups is 1. The van der Waals surface area contributed by atoms with E-state index < -0.39 is 5.82 Å². The molecule has 0 aliphatic carbocycles. The van der Waals surface area contributed by atoms with Crippen LogP contribution in [0, 0.1) is 5.82 Å². The number of amides is 1. The molecular formula is C13H18ClFN2O2. The van der Waals surface area contributed by atoms with Crippen LogP contribution in [0.25, 0.3) is 0 Å². The summed E-state index contributed by atoms with van der Waals surface area (Å²) in [7, 11) is 1.50. The van der Waals surface area contributed by atoms with Crippen LogP contribution in [0.5, 0.6) is 5.75 Å². The molecule has 1 fully saturated rings. The fraction of sp³-hybridized carbons (Fsp3) is 0.462. The maximum atomic E-state index is 13.5. The molecule has 2 N–H and O–H groups in total. The molecule has 1 unspecified atom stereocenters. The van der Waals surface area contributed by atoms with Gasteiger partial charge in [0.1, 0.15) is 11.6 Å². The number of ether oxygens (including phenoxy) is 1. The molecule has 1 amide bonds. The number of rotatable bonds is 3. The summed E-state index contributed by atoms with van der Waals surface area (Å²) in [6.45, 7) is 0.832. The number of nitrogens with one attached hydrogen (secondary N) is 2. The van der Waals surface area contributed by atoms with Crippen LogP contribution in [0.1, 0.15) is 19.3 Å². The average molecular weight is 289 g/mol. The molecule has 6 heteroatoms. The second-order valence-electron chi connectivity index (χ2n) is 4.34. The summed E-state index contributed by atoms with van der Waals surface area (Å²) in [5.74, 6) is -0.134. The molecule has 0 bridgehead atoms. The third-order valence-corrected chi connectivity index (χ3v) is 3.06. The van der Waals surface area contributed by atoms with E-state index in [1.54, 1.807) is 0 Å². The van der Waals surface area contributed by atoms with E-state index in [4.69, 9.17) is 4.74 Å². The average Bonchev–Trinajstić information content (AvgIpc) is 2.42. The van der Waals surface area contributed by atoms with Gasteiger partial charge in [0.25, 0.3) is 0 Å². The van der Waals surface area contributed by atoms with Crippen molar-refractivity contribution >= 4 is 24.0 Å². The van der Waals surface area contributed by atoms with Gasteiger partial charge in [0.15, 0.2) is 0 Å². The smallest absolute Gasteiger partial charge is 0.241 e. The van der Waals surface area contributed by atoms with Gasteiger partial charge in [-0.1, -0.05) is 6.42 Å². The molecule has 1 aromatic rings. The van der Waals surface area contributed by atoms with Crippen LogP contribution in [0.4, 0.5) is 10.1 Å². The molecule has 0 radical (unpaired) electrons.